The fraction of sp³-hybridized carbons (Fsp3) is 0.538. The number of rotatable bonds is 3. The molecule has 0 aliphatic carbocycles. The number of aliphatic hydroxyl groups excluding tert-OH is 1. The van der Waals surface area contributed by atoms with Crippen molar-refractivity contribution in [3.8, 4) is 0 Å². The highest BCUT2D eigenvalue weighted by molar-refractivity contribution is 5.17. The zero-order valence-electron chi connectivity index (χ0n) is 9.39. The SMILES string of the molecule is C[N+]1(C[C@H](O)c2ccccc2)CCCC1. The molecule has 1 saturated heterocycles. The molecule has 0 spiro atoms. The van der Waals surface area contributed by atoms with Crippen molar-refractivity contribution in [1.82, 2.24) is 0 Å². The first kappa shape index (κ1) is 10.7. The Labute approximate surface area is 91.7 Å². The second-order valence-corrected chi connectivity index (χ2v) is 4.88. The monoisotopic (exact) mass is 206 g/mol. The van der Waals surface area contributed by atoms with Gasteiger partial charge in [-0.3, -0.25) is 0 Å². The number of likely N-dealkylation sites (tertiary alicyclic amines) is 1. The van der Waals surface area contributed by atoms with E-state index in [2.05, 4.69) is 7.05 Å². The Balaban J connectivity index is 2.00. The summed E-state index contributed by atoms with van der Waals surface area (Å²) in [4.78, 5) is 0. The van der Waals surface area contributed by atoms with E-state index in [4.69, 9.17) is 0 Å². The first-order valence-corrected chi connectivity index (χ1v) is 5.76. The fourth-order valence-corrected chi connectivity index (χ4v) is 2.48. The zero-order valence-corrected chi connectivity index (χ0v) is 9.39. The van der Waals surface area contributed by atoms with Gasteiger partial charge in [-0.25, -0.2) is 0 Å². The Kier molecular flexibility index (Phi) is 3.08. The van der Waals surface area contributed by atoms with Crippen LogP contribution in [0.1, 0.15) is 24.5 Å². The third-order valence-electron chi connectivity index (χ3n) is 3.44. The molecule has 2 rings (SSSR count). The van der Waals surface area contributed by atoms with Gasteiger partial charge in [-0.1, -0.05) is 30.3 Å². The summed E-state index contributed by atoms with van der Waals surface area (Å²) in [5.74, 6) is 0. The molecule has 1 heterocycles. The second-order valence-electron chi connectivity index (χ2n) is 4.88. The van der Waals surface area contributed by atoms with Gasteiger partial charge in [0.1, 0.15) is 12.6 Å². The van der Waals surface area contributed by atoms with Crippen molar-refractivity contribution in [3.05, 3.63) is 35.9 Å². The van der Waals surface area contributed by atoms with Crippen molar-refractivity contribution in [2.24, 2.45) is 0 Å². The number of benzene rings is 1. The van der Waals surface area contributed by atoms with Gasteiger partial charge in [0.2, 0.25) is 0 Å². The van der Waals surface area contributed by atoms with E-state index in [0.29, 0.717) is 0 Å². The van der Waals surface area contributed by atoms with E-state index in [9.17, 15) is 5.11 Å². The van der Waals surface area contributed by atoms with Crippen LogP contribution in [0.4, 0.5) is 0 Å². The van der Waals surface area contributed by atoms with Gasteiger partial charge >= 0.3 is 0 Å². The minimum absolute atomic E-state index is 0.311. The van der Waals surface area contributed by atoms with E-state index in [1.165, 1.54) is 25.9 Å². The van der Waals surface area contributed by atoms with Crippen LogP contribution in [0, 0.1) is 0 Å². The molecule has 0 aromatic heterocycles. The molecule has 2 heteroatoms. The van der Waals surface area contributed by atoms with Crippen molar-refractivity contribution >= 4 is 0 Å². The highest BCUT2D eigenvalue weighted by Gasteiger charge is 2.29. The summed E-state index contributed by atoms with van der Waals surface area (Å²) in [7, 11) is 2.25. The van der Waals surface area contributed by atoms with E-state index in [-0.39, 0.29) is 6.10 Å². The average Bonchev–Trinajstić information content (AvgIpc) is 2.66. The van der Waals surface area contributed by atoms with Crippen molar-refractivity contribution in [1.29, 1.82) is 0 Å². The molecule has 1 fully saturated rings. The highest BCUT2D eigenvalue weighted by atomic mass is 16.3. The molecule has 1 aliphatic heterocycles. The highest BCUT2D eigenvalue weighted by Crippen LogP contribution is 2.22. The number of nitrogens with zero attached hydrogens (tertiary/aromatic N) is 1. The van der Waals surface area contributed by atoms with Crippen LogP contribution in [-0.2, 0) is 0 Å². The Bertz CT molecular complexity index is 304. The molecule has 1 atom stereocenters. The molecule has 1 N–H and O–H groups in total. The smallest absolute Gasteiger partial charge is 0.128 e. The van der Waals surface area contributed by atoms with Gasteiger partial charge in [-0.05, 0) is 5.56 Å². The van der Waals surface area contributed by atoms with Crippen LogP contribution in [0.3, 0.4) is 0 Å². The van der Waals surface area contributed by atoms with E-state index in [0.717, 1.165) is 16.6 Å². The third-order valence-corrected chi connectivity index (χ3v) is 3.44. The van der Waals surface area contributed by atoms with Gasteiger partial charge < -0.3 is 9.59 Å². The molecule has 0 saturated carbocycles. The first-order valence-electron chi connectivity index (χ1n) is 5.76. The van der Waals surface area contributed by atoms with Gasteiger partial charge in [0.05, 0.1) is 20.1 Å². The van der Waals surface area contributed by atoms with Gasteiger partial charge in [-0.2, -0.15) is 0 Å². The summed E-state index contributed by atoms with van der Waals surface area (Å²) in [5.41, 5.74) is 1.05. The van der Waals surface area contributed by atoms with Crippen LogP contribution in [-0.4, -0.2) is 36.3 Å². The van der Waals surface area contributed by atoms with Gasteiger partial charge in [-0.15, -0.1) is 0 Å². The fourth-order valence-electron chi connectivity index (χ4n) is 2.48. The van der Waals surface area contributed by atoms with E-state index < -0.39 is 0 Å². The lowest BCUT2D eigenvalue weighted by Crippen LogP contribution is -2.43. The number of hydrogen-bond donors (Lipinski definition) is 1. The van der Waals surface area contributed by atoms with Crippen LogP contribution in [0.2, 0.25) is 0 Å². The molecule has 1 aromatic rings. The minimum atomic E-state index is -0.311. The zero-order chi connectivity index (χ0) is 10.7. The van der Waals surface area contributed by atoms with Crippen molar-refractivity contribution < 1.29 is 9.59 Å². The summed E-state index contributed by atoms with van der Waals surface area (Å²) in [5, 5.41) is 10.1. The number of aliphatic hydroxyl groups is 1. The first-order chi connectivity index (χ1) is 7.20. The maximum Gasteiger partial charge on any atom is 0.128 e. The van der Waals surface area contributed by atoms with Crippen LogP contribution in [0.5, 0.6) is 0 Å². The van der Waals surface area contributed by atoms with Crippen LogP contribution >= 0.6 is 0 Å². The van der Waals surface area contributed by atoms with E-state index in [1.807, 2.05) is 30.3 Å². The van der Waals surface area contributed by atoms with E-state index in [1.54, 1.807) is 0 Å². The summed E-state index contributed by atoms with van der Waals surface area (Å²) in [6.45, 7) is 3.28. The lowest BCUT2D eigenvalue weighted by Gasteiger charge is -2.31. The number of likely N-dealkylation sites (N-methyl/N-ethyl adjacent to an activating group) is 1. The maximum atomic E-state index is 10.1. The molecule has 0 amide bonds. The summed E-state index contributed by atoms with van der Waals surface area (Å²) in [6, 6.07) is 9.98. The molecule has 82 valence electrons. The normalized spacial score (nSPS) is 21.5. The van der Waals surface area contributed by atoms with Gasteiger partial charge in [0.15, 0.2) is 0 Å². The molecule has 0 bridgehead atoms. The Hall–Kier alpha value is -0.860. The lowest BCUT2D eigenvalue weighted by molar-refractivity contribution is -0.901. The molecule has 15 heavy (non-hydrogen) atoms. The van der Waals surface area contributed by atoms with Gasteiger partial charge in [0, 0.05) is 12.8 Å². The summed E-state index contributed by atoms with van der Waals surface area (Å²) < 4.78 is 1.02. The molecule has 2 nitrogen and oxygen atoms in total. The largest absolute Gasteiger partial charge is 0.382 e. The third kappa shape index (κ3) is 2.58. The maximum absolute atomic E-state index is 10.1. The van der Waals surface area contributed by atoms with Crippen LogP contribution in [0.25, 0.3) is 0 Å². The molecule has 1 aliphatic rings. The standard InChI is InChI=1S/C13H20NO/c1-14(9-5-6-10-14)11-13(15)12-7-3-2-4-8-12/h2-4,7-8,13,15H,5-6,9-11H2,1H3/q+1/t13-/m0/s1. The Morgan fingerprint density at radius 1 is 1.20 bits per heavy atom. The lowest BCUT2D eigenvalue weighted by atomic mass is 10.1. The Morgan fingerprint density at radius 3 is 2.40 bits per heavy atom. The molecular weight excluding hydrogens is 186 g/mol. The molecule has 0 radical (unpaired) electrons. The van der Waals surface area contributed by atoms with Crippen LogP contribution < -0.4 is 0 Å². The predicted molar refractivity (Wildman–Crippen MR) is 61.4 cm³/mol. The number of quaternary nitrogens is 1. The van der Waals surface area contributed by atoms with Crippen molar-refractivity contribution in [3.63, 3.8) is 0 Å². The summed E-state index contributed by atoms with van der Waals surface area (Å²) >= 11 is 0. The van der Waals surface area contributed by atoms with Crippen LogP contribution in [0.15, 0.2) is 30.3 Å². The van der Waals surface area contributed by atoms with Gasteiger partial charge in [0.25, 0.3) is 0 Å². The second kappa shape index (κ2) is 4.33. The van der Waals surface area contributed by atoms with E-state index >= 15 is 0 Å². The topological polar surface area (TPSA) is 20.2 Å². The molecule has 0 unspecified atom stereocenters. The van der Waals surface area contributed by atoms with Crippen molar-refractivity contribution in [2.75, 3.05) is 26.7 Å². The molecular formula is C13H20NO+. The summed E-state index contributed by atoms with van der Waals surface area (Å²) in [6.07, 6.45) is 2.30. The Morgan fingerprint density at radius 2 is 1.80 bits per heavy atom. The molecule has 1 aromatic carbocycles. The number of hydrogen-bond acceptors (Lipinski definition) is 1. The average molecular weight is 206 g/mol. The predicted octanol–water partition coefficient (Wildman–Crippen LogP) is 1.96. The van der Waals surface area contributed by atoms with Crippen molar-refractivity contribution in [2.45, 2.75) is 18.9 Å². The quantitative estimate of drug-likeness (QED) is 0.750. The minimum Gasteiger partial charge on any atom is -0.382 e.